The van der Waals surface area contributed by atoms with E-state index in [1.54, 1.807) is 0 Å². The normalized spacial score (nSPS) is 25.3. The van der Waals surface area contributed by atoms with Gasteiger partial charge in [-0.3, -0.25) is 0 Å². The van der Waals surface area contributed by atoms with Gasteiger partial charge in [0.1, 0.15) is 17.2 Å². The Hall–Kier alpha value is -1.74. The first kappa shape index (κ1) is 13.3. The van der Waals surface area contributed by atoms with Crippen molar-refractivity contribution in [2.75, 3.05) is 0 Å². The zero-order chi connectivity index (χ0) is 14.3. The molecule has 2 aromatic rings. The molecule has 2 atom stereocenters. The minimum atomic E-state index is -1.31. The van der Waals surface area contributed by atoms with E-state index >= 15 is 0 Å². The van der Waals surface area contributed by atoms with E-state index in [0.29, 0.717) is 12.3 Å². The molecule has 0 heterocycles. The summed E-state index contributed by atoms with van der Waals surface area (Å²) in [6.45, 7) is 2.10. The molecule has 0 saturated heterocycles. The molecule has 2 aromatic carbocycles. The minimum Gasteiger partial charge on any atom is -0.380 e. The molecular weight excluding hydrogens is 258 g/mol. The van der Waals surface area contributed by atoms with Crippen LogP contribution in [0.1, 0.15) is 42.4 Å². The molecule has 1 N–H and O–H groups in total. The lowest BCUT2D eigenvalue weighted by Crippen LogP contribution is -2.33. The van der Waals surface area contributed by atoms with Crippen LogP contribution in [0.2, 0.25) is 0 Å². The second-order valence-corrected chi connectivity index (χ2v) is 5.55. The maximum Gasteiger partial charge on any atom is 0.126 e. The van der Waals surface area contributed by atoms with Gasteiger partial charge in [0.15, 0.2) is 0 Å². The smallest absolute Gasteiger partial charge is 0.126 e. The Kier molecular flexibility index (Phi) is 3.09. The van der Waals surface area contributed by atoms with Gasteiger partial charge in [-0.25, -0.2) is 8.78 Å². The van der Waals surface area contributed by atoms with Crippen molar-refractivity contribution in [2.24, 2.45) is 0 Å². The van der Waals surface area contributed by atoms with Crippen LogP contribution in [-0.2, 0) is 5.60 Å². The van der Waals surface area contributed by atoms with E-state index in [0.717, 1.165) is 23.6 Å². The molecule has 2 unspecified atom stereocenters. The van der Waals surface area contributed by atoms with Crippen molar-refractivity contribution in [1.29, 1.82) is 0 Å². The van der Waals surface area contributed by atoms with Crippen LogP contribution in [0.3, 0.4) is 0 Å². The Morgan fingerprint density at radius 2 is 1.75 bits per heavy atom. The lowest BCUT2D eigenvalue weighted by atomic mass is 9.71. The Morgan fingerprint density at radius 1 is 1.10 bits per heavy atom. The Balaban J connectivity index is 2.19. The van der Waals surface area contributed by atoms with Crippen LogP contribution >= 0.6 is 0 Å². The second-order valence-electron chi connectivity index (χ2n) is 5.55. The van der Waals surface area contributed by atoms with Gasteiger partial charge < -0.3 is 5.11 Å². The first-order valence-corrected chi connectivity index (χ1v) is 6.79. The van der Waals surface area contributed by atoms with Gasteiger partial charge in [-0.1, -0.05) is 31.2 Å². The quantitative estimate of drug-likeness (QED) is 0.830. The monoisotopic (exact) mass is 274 g/mol. The molecule has 0 saturated carbocycles. The summed E-state index contributed by atoms with van der Waals surface area (Å²) < 4.78 is 26.9. The van der Waals surface area contributed by atoms with E-state index in [-0.39, 0.29) is 5.56 Å². The molecule has 3 rings (SSSR count). The number of rotatable bonds is 1. The van der Waals surface area contributed by atoms with Gasteiger partial charge in [0.05, 0.1) is 0 Å². The van der Waals surface area contributed by atoms with Gasteiger partial charge in [0, 0.05) is 6.07 Å². The van der Waals surface area contributed by atoms with Gasteiger partial charge in [0.25, 0.3) is 0 Å². The summed E-state index contributed by atoms with van der Waals surface area (Å²) in [5.41, 5.74) is 0.774. The third-order valence-electron chi connectivity index (χ3n) is 4.22. The lowest BCUT2D eigenvalue weighted by Gasteiger charge is -2.37. The summed E-state index contributed by atoms with van der Waals surface area (Å²) in [5, 5.41) is 11.0. The van der Waals surface area contributed by atoms with E-state index in [1.165, 1.54) is 12.1 Å². The van der Waals surface area contributed by atoms with Crippen LogP contribution in [0.4, 0.5) is 8.78 Å². The topological polar surface area (TPSA) is 20.2 Å². The Morgan fingerprint density at radius 3 is 2.45 bits per heavy atom. The Bertz CT molecular complexity index is 633. The molecule has 1 aliphatic rings. The molecule has 0 radical (unpaired) electrons. The van der Waals surface area contributed by atoms with Crippen molar-refractivity contribution in [2.45, 2.75) is 31.3 Å². The number of hydrogen-bond donors (Lipinski definition) is 1. The van der Waals surface area contributed by atoms with Crippen LogP contribution in [0.15, 0.2) is 42.5 Å². The average Bonchev–Trinajstić information content (AvgIpc) is 2.42. The second kappa shape index (κ2) is 4.67. The van der Waals surface area contributed by atoms with E-state index in [4.69, 9.17) is 0 Å². The summed E-state index contributed by atoms with van der Waals surface area (Å²) in [5.74, 6) is -0.987. The van der Waals surface area contributed by atoms with E-state index < -0.39 is 17.2 Å². The molecule has 0 bridgehead atoms. The van der Waals surface area contributed by atoms with Gasteiger partial charge in [0.2, 0.25) is 0 Å². The highest BCUT2D eigenvalue weighted by atomic mass is 19.1. The van der Waals surface area contributed by atoms with E-state index in [1.807, 2.05) is 24.3 Å². The average molecular weight is 274 g/mol. The van der Waals surface area contributed by atoms with E-state index in [2.05, 4.69) is 6.92 Å². The van der Waals surface area contributed by atoms with Crippen molar-refractivity contribution < 1.29 is 13.9 Å². The number of hydrogen-bond acceptors (Lipinski definition) is 1. The van der Waals surface area contributed by atoms with Crippen LogP contribution < -0.4 is 0 Å². The summed E-state index contributed by atoms with van der Waals surface area (Å²) >= 11 is 0. The van der Waals surface area contributed by atoms with Crippen molar-refractivity contribution in [3.63, 3.8) is 0 Å². The number of aliphatic hydroxyl groups is 1. The highest BCUT2D eigenvalue weighted by Crippen LogP contribution is 2.45. The number of halogens is 2. The summed E-state index contributed by atoms with van der Waals surface area (Å²) in [6, 6.07) is 10.8. The SMILES string of the molecule is CC1CCC(O)(c2cc(F)cc(F)c2)c2ccccc21. The van der Waals surface area contributed by atoms with Gasteiger partial charge >= 0.3 is 0 Å². The molecule has 104 valence electrons. The molecule has 0 aromatic heterocycles. The molecule has 1 nitrogen and oxygen atoms in total. The molecule has 0 aliphatic heterocycles. The van der Waals surface area contributed by atoms with Crippen LogP contribution in [0.5, 0.6) is 0 Å². The van der Waals surface area contributed by atoms with Gasteiger partial charge in [-0.2, -0.15) is 0 Å². The minimum absolute atomic E-state index is 0.286. The zero-order valence-corrected chi connectivity index (χ0v) is 11.2. The van der Waals surface area contributed by atoms with Crippen LogP contribution in [-0.4, -0.2) is 5.11 Å². The predicted molar refractivity (Wildman–Crippen MR) is 73.4 cm³/mol. The molecule has 3 heteroatoms. The molecular formula is C17H16F2O. The fourth-order valence-corrected chi connectivity index (χ4v) is 3.11. The van der Waals surface area contributed by atoms with Crippen molar-refractivity contribution >= 4 is 0 Å². The maximum atomic E-state index is 13.5. The predicted octanol–water partition coefficient (Wildman–Crippen LogP) is 4.10. The molecule has 1 aliphatic carbocycles. The van der Waals surface area contributed by atoms with E-state index in [9.17, 15) is 13.9 Å². The van der Waals surface area contributed by atoms with Crippen LogP contribution in [0.25, 0.3) is 0 Å². The van der Waals surface area contributed by atoms with Crippen LogP contribution in [0, 0.1) is 11.6 Å². The summed E-state index contributed by atoms with van der Waals surface area (Å²) in [4.78, 5) is 0. The van der Waals surface area contributed by atoms with Gasteiger partial charge in [-0.15, -0.1) is 0 Å². The van der Waals surface area contributed by atoms with Gasteiger partial charge in [-0.05, 0) is 47.6 Å². The first-order chi connectivity index (χ1) is 9.50. The molecule has 0 spiro atoms. The highest BCUT2D eigenvalue weighted by molar-refractivity contribution is 5.44. The fraction of sp³-hybridized carbons (Fsp3) is 0.294. The lowest BCUT2D eigenvalue weighted by molar-refractivity contribution is 0.0573. The fourth-order valence-electron chi connectivity index (χ4n) is 3.11. The standard InChI is InChI=1S/C17H16F2O/c1-11-6-7-17(20,16-5-3-2-4-15(11)16)12-8-13(18)10-14(19)9-12/h2-5,8-11,20H,6-7H2,1H3. The largest absolute Gasteiger partial charge is 0.380 e. The zero-order valence-electron chi connectivity index (χ0n) is 11.2. The molecule has 0 amide bonds. The Labute approximate surface area is 116 Å². The van der Waals surface area contributed by atoms with Crippen molar-refractivity contribution in [3.05, 3.63) is 70.8 Å². The maximum absolute atomic E-state index is 13.5. The summed E-state index contributed by atoms with van der Waals surface area (Å²) in [6.07, 6.45) is 1.25. The van der Waals surface area contributed by atoms with Crippen molar-refractivity contribution in [3.8, 4) is 0 Å². The third kappa shape index (κ3) is 2.02. The third-order valence-corrected chi connectivity index (χ3v) is 4.22. The number of fused-ring (bicyclic) bond motifs is 1. The molecule has 0 fully saturated rings. The molecule has 20 heavy (non-hydrogen) atoms. The number of benzene rings is 2. The summed E-state index contributed by atoms with van der Waals surface area (Å²) in [7, 11) is 0. The van der Waals surface area contributed by atoms with Crippen molar-refractivity contribution in [1.82, 2.24) is 0 Å². The highest BCUT2D eigenvalue weighted by Gasteiger charge is 2.38. The first-order valence-electron chi connectivity index (χ1n) is 6.79.